The third-order valence-corrected chi connectivity index (χ3v) is 3.34. The minimum Gasteiger partial charge on any atom is -0.443 e. The molecule has 130 valence electrons. The molecule has 0 aliphatic heterocycles. The Hall–Kier alpha value is -3.42. The van der Waals surface area contributed by atoms with Gasteiger partial charge in [-0.1, -0.05) is 30.3 Å². The van der Waals surface area contributed by atoms with E-state index in [1.807, 2.05) is 0 Å². The van der Waals surface area contributed by atoms with Crippen LogP contribution in [0.5, 0.6) is 0 Å². The maximum Gasteiger partial charge on any atom is 0.355 e. The Morgan fingerprint density at radius 3 is 2.36 bits per heavy atom. The number of rotatable bonds is 5. The van der Waals surface area contributed by atoms with Gasteiger partial charge >= 0.3 is 12.0 Å². The lowest BCUT2D eigenvalue weighted by Crippen LogP contribution is -2.41. The van der Waals surface area contributed by atoms with Crippen LogP contribution in [0, 0.1) is 0 Å². The Labute approximate surface area is 143 Å². The standard InChI is InChI=1S/C17H17N3O5/c1-10(21)12-8-13(19-9-12)16(23)25-14(11-6-4-3-5-7-11)15(22)20-17(24)18-2/h3-9,14,19H,1-2H3,(H2,18,20,22,24)/t14-/m1/s1. The van der Waals surface area contributed by atoms with Crippen molar-refractivity contribution in [1.29, 1.82) is 0 Å². The van der Waals surface area contributed by atoms with E-state index >= 15 is 0 Å². The number of imide groups is 1. The molecule has 0 bridgehead atoms. The number of hydrogen-bond acceptors (Lipinski definition) is 5. The van der Waals surface area contributed by atoms with Crippen molar-refractivity contribution >= 4 is 23.7 Å². The number of ether oxygens (including phenoxy) is 1. The number of nitrogens with one attached hydrogen (secondary N) is 3. The topological polar surface area (TPSA) is 117 Å². The summed E-state index contributed by atoms with van der Waals surface area (Å²) in [5, 5.41) is 4.33. The molecule has 0 spiro atoms. The first-order valence-corrected chi connectivity index (χ1v) is 7.40. The van der Waals surface area contributed by atoms with Crippen molar-refractivity contribution in [3.05, 3.63) is 59.4 Å². The predicted octanol–water partition coefficient (Wildman–Crippen LogP) is 1.57. The van der Waals surface area contributed by atoms with Crippen molar-refractivity contribution in [2.45, 2.75) is 13.0 Å². The number of carbonyl (C=O) groups is 4. The zero-order chi connectivity index (χ0) is 18.4. The fourth-order valence-corrected chi connectivity index (χ4v) is 2.03. The van der Waals surface area contributed by atoms with E-state index in [-0.39, 0.29) is 11.5 Å². The van der Waals surface area contributed by atoms with E-state index in [0.29, 0.717) is 11.1 Å². The average Bonchev–Trinajstić information content (AvgIpc) is 3.10. The summed E-state index contributed by atoms with van der Waals surface area (Å²) in [4.78, 5) is 49.9. The number of urea groups is 1. The lowest BCUT2D eigenvalue weighted by molar-refractivity contribution is -0.129. The van der Waals surface area contributed by atoms with Gasteiger partial charge in [-0.15, -0.1) is 0 Å². The van der Waals surface area contributed by atoms with Crippen LogP contribution in [0.15, 0.2) is 42.6 Å². The minimum absolute atomic E-state index is 0.0267. The Bertz CT molecular complexity index is 798. The molecule has 3 N–H and O–H groups in total. The highest BCUT2D eigenvalue weighted by Crippen LogP contribution is 2.19. The van der Waals surface area contributed by atoms with Crippen LogP contribution < -0.4 is 10.6 Å². The molecule has 8 heteroatoms. The molecule has 0 radical (unpaired) electrons. The predicted molar refractivity (Wildman–Crippen MR) is 88.0 cm³/mol. The van der Waals surface area contributed by atoms with Crippen molar-refractivity contribution in [3.8, 4) is 0 Å². The van der Waals surface area contributed by atoms with E-state index in [1.165, 1.54) is 26.2 Å². The van der Waals surface area contributed by atoms with Gasteiger partial charge in [0, 0.05) is 24.4 Å². The second-order valence-electron chi connectivity index (χ2n) is 5.12. The molecule has 25 heavy (non-hydrogen) atoms. The first-order chi connectivity index (χ1) is 11.9. The van der Waals surface area contributed by atoms with Crippen LogP contribution in [0.25, 0.3) is 0 Å². The molecule has 1 atom stereocenters. The van der Waals surface area contributed by atoms with E-state index in [2.05, 4.69) is 15.6 Å². The molecule has 8 nitrogen and oxygen atoms in total. The molecule has 1 heterocycles. The molecule has 0 saturated carbocycles. The number of H-pyrrole nitrogens is 1. The number of esters is 1. The van der Waals surface area contributed by atoms with Crippen LogP contribution >= 0.6 is 0 Å². The van der Waals surface area contributed by atoms with Crippen LogP contribution in [0.4, 0.5) is 4.79 Å². The number of ketones is 1. The summed E-state index contributed by atoms with van der Waals surface area (Å²) >= 11 is 0. The smallest absolute Gasteiger partial charge is 0.355 e. The van der Waals surface area contributed by atoms with Gasteiger partial charge in [-0.05, 0) is 13.0 Å². The molecular formula is C17H17N3O5. The monoisotopic (exact) mass is 343 g/mol. The number of carbonyl (C=O) groups excluding carboxylic acids is 4. The largest absolute Gasteiger partial charge is 0.443 e. The van der Waals surface area contributed by atoms with Crippen molar-refractivity contribution in [2.75, 3.05) is 7.05 Å². The number of aromatic amines is 1. The molecule has 0 aliphatic carbocycles. The molecule has 1 aromatic carbocycles. The van der Waals surface area contributed by atoms with Crippen molar-refractivity contribution in [1.82, 2.24) is 15.6 Å². The number of amides is 3. The third-order valence-electron chi connectivity index (χ3n) is 3.34. The number of aromatic nitrogens is 1. The van der Waals surface area contributed by atoms with Gasteiger partial charge in [0.15, 0.2) is 5.78 Å². The molecule has 2 aromatic rings. The van der Waals surface area contributed by atoms with E-state index in [0.717, 1.165) is 0 Å². The molecular weight excluding hydrogens is 326 g/mol. The van der Waals surface area contributed by atoms with Crippen LogP contribution in [-0.2, 0) is 9.53 Å². The summed E-state index contributed by atoms with van der Waals surface area (Å²) < 4.78 is 5.25. The zero-order valence-electron chi connectivity index (χ0n) is 13.7. The highest BCUT2D eigenvalue weighted by molar-refractivity contribution is 6.00. The Balaban J connectivity index is 2.23. The lowest BCUT2D eigenvalue weighted by atomic mass is 10.1. The SMILES string of the molecule is CNC(=O)NC(=O)[C@H](OC(=O)c1cc(C(C)=O)c[nH]1)c1ccccc1. The van der Waals surface area contributed by atoms with Crippen LogP contribution in [0.1, 0.15) is 39.4 Å². The summed E-state index contributed by atoms with van der Waals surface area (Å²) in [6.07, 6.45) is 0.0520. The summed E-state index contributed by atoms with van der Waals surface area (Å²) in [6.45, 7) is 1.36. The van der Waals surface area contributed by atoms with E-state index < -0.39 is 24.0 Å². The first kappa shape index (κ1) is 17.9. The summed E-state index contributed by atoms with van der Waals surface area (Å²) in [5.74, 6) is -1.84. The fourth-order valence-electron chi connectivity index (χ4n) is 2.03. The molecule has 3 amide bonds. The zero-order valence-corrected chi connectivity index (χ0v) is 13.7. The third kappa shape index (κ3) is 4.54. The molecule has 0 fully saturated rings. The highest BCUT2D eigenvalue weighted by Gasteiger charge is 2.27. The molecule has 0 unspecified atom stereocenters. The molecule has 0 saturated heterocycles. The quantitative estimate of drug-likeness (QED) is 0.563. The highest BCUT2D eigenvalue weighted by atomic mass is 16.5. The van der Waals surface area contributed by atoms with Gasteiger partial charge in [0.05, 0.1) is 0 Å². The van der Waals surface area contributed by atoms with E-state index in [4.69, 9.17) is 4.74 Å². The molecule has 1 aromatic heterocycles. The van der Waals surface area contributed by atoms with Crippen molar-refractivity contribution < 1.29 is 23.9 Å². The van der Waals surface area contributed by atoms with Crippen LogP contribution in [0.3, 0.4) is 0 Å². The Morgan fingerprint density at radius 2 is 1.80 bits per heavy atom. The Morgan fingerprint density at radius 1 is 1.12 bits per heavy atom. The number of benzene rings is 1. The summed E-state index contributed by atoms with van der Waals surface area (Å²) in [6, 6.07) is 8.89. The van der Waals surface area contributed by atoms with Gasteiger partial charge in [0.2, 0.25) is 6.10 Å². The number of hydrogen-bond donors (Lipinski definition) is 3. The Kier molecular flexibility index (Phi) is 5.67. The summed E-state index contributed by atoms with van der Waals surface area (Å²) in [5.41, 5.74) is 0.743. The maximum absolute atomic E-state index is 12.3. The minimum atomic E-state index is -1.32. The maximum atomic E-state index is 12.3. The second-order valence-corrected chi connectivity index (χ2v) is 5.12. The van der Waals surface area contributed by atoms with Crippen LogP contribution in [0.2, 0.25) is 0 Å². The van der Waals surface area contributed by atoms with Crippen LogP contribution in [-0.4, -0.2) is 35.7 Å². The summed E-state index contributed by atoms with van der Waals surface area (Å²) in [7, 11) is 1.36. The fraction of sp³-hybridized carbons (Fsp3) is 0.176. The van der Waals surface area contributed by atoms with Gasteiger partial charge in [0.25, 0.3) is 5.91 Å². The molecule has 2 rings (SSSR count). The van der Waals surface area contributed by atoms with Crippen molar-refractivity contribution in [2.24, 2.45) is 0 Å². The van der Waals surface area contributed by atoms with Gasteiger partial charge in [-0.3, -0.25) is 14.9 Å². The van der Waals surface area contributed by atoms with Crippen molar-refractivity contribution in [3.63, 3.8) is 0 Å². The van der Waals surface area contributed by atoms with Gasteiger partial charge in [-0.2, -0.15) is 0 Å². The lowest BCUT2D eigenvalue weighted by Gasteiger charge is -2.17. The van der Waals surface area contributed by atoms with E-state index in [9.17, 15) is 19.2 Å². The second kappa shape index (κ2) is 7.91. The van der Waals surface area contributed by atoms with E-state index in [1.54, 1.807) is 30.3 Å². The van der Waals surface area contributed by atoms with Gasteiger partial charge in [-0.25, -0.2) is 9.59 Å². The van der Waals surface area contributed by atoms with Gasteiger partial charge in [0.1, 0.15) is 5.69 Å². The van der Waals surface area contributed by atoms with Gasteiger partial charge < -0.3 is 15.0 Å². The average molecular weight is 343 g/mol. The number of Topliss-reactive ketones (excluding diaryl/α,β-unsaturated/α-hetero) is 1. The normalized spacial score (nSPS) is 11.3. The first-order valence-electron chi connectivity index (χ1n) is 7.40. The molecule has 0 aliphatic rings.